The van der Waals surface area contributed by atoms with Crippen LogP contribution >= 0.6 is 0 Å². The van der Waals surface area contributed by atoms with E-state index >= 15 is 0 Å². The van der Waals surface area contributed by atoms with Crippen molar-refractivity contribution in [3.05, 3.63) is 47.3 Å². The molecule has 0 amide bonds. The molecule has 0 aromatic heterocycles. The minimum Gasteiger partial charge on any atom is -0.462 e. The van der Waals surface area contributed by atoms with Crippen molar-refractivity contribution in [1.82, 2.24) is 0 Å². The van der Waals surface area contributed by atoms with Crippen molar-refractivity contribution in [3.8, 4) is 0 Å². The highest BCUT2D eigenvalue weighted by molar-refractivity contribution is 5.84. The lowest BCUT2D eigenvalue weighted by Crippen LogP contribution is -2.52. The summed E-state index contributed by atoms with van der Waals surface area (Å²) in [6, 6.07) is 0. The first-order valence-corrected chi connectivity index (χ1v) is 11.5. The molecule has 1 saturated carbocycles. The van der Waals surface area contributed by atoms with Crippen LogP contribution in [0.25, 0.3) is 0 Å². The van der Waals surface area contributed by atoms with Crippen molar-refractivity contribution in [2.45, 2.75) is 72.6 Å². The molecule has 0 N–H and O–H groups in total. The normalized spacial score (nSPS) is 28.9. The van der Waals surface area contributed by atoms with Crippen molar-refractivity contribution >= 4 is 23.9 Å². The molecule has 1 aliphatic carbocycles. The zero-order chi connectivity index (χ0) is 26.0. The third kappa shape index (κ3) is 5.83. The first-order chi connectivity index (χ1) is 16.4. The lowest BCUT2D eigenvalue weighted by molar-refractivity contribution is -0.188. The highest BCUT2D eigenvalue weighted by atomic mass is 16.7. The predicted octanol–water partition coefficient (Wildman–Crippen LogP) is 3.30. The van der Waals surface area contributed by atoms with Gasteiger partial charge in [0.05, 0.1) is 12.2 Å². The van der Waals surface area contributed by atoms with Crippen molar-refractivity contribution in [3.63, 3.8) is 0 Å². The van der Waals surface area contributed by atoms with E-state index in [9.17, 15) is 19.2 Å². The SMILES string of the molecule is C=C1[C@H]2[C@H](OC(C)=O)OC=C([C@H](OC(C)=O)[C@H](C=C(C)C)OC(C)=O)[C@@H]2C[C@@H]2C(C)=CC(=O)O[C@H]12. The molecule has 0 bridgehead atoms. The molecule has 0 radical (unpaired) electrons. The maximum atomic E-state index is 12.1. The molecule has 3 rings (SSSR count). The number of esters is 4. The lowest BCUT2D eigenvalue weighted by atomic mass is 9.63. The van der Waals surface area contributed by atoms with E-state index in [2.05, 4.69) is 6.58 Å². The average molecular weight is 489 g/mol. The summed E-state index contributed by atoms with van der Waals surface area (Å²) in [6.45, 7) is 13.5. The number of allylic oxidation sites excluding steroid dienone is 1. The first-order valence-electron chi connectivity index (χ1n) is 11.5. The minimum atomic E-state index is -1.01. The van der Waals surface area contributed by atoms with Crippen molar-refractivity contribution in [2.24, 2.45) is 17.8 Å². The van der Waals surface area contributed by atoms with Crippen LogP contribution in [0.1, 0.15) is 48.0 Å². The molecule has 9 heteroatoms. The van der Waals surface area contributed by atoms with Crippen LogP contribution in [0, 0.1) is 17.8 Å². The number of ether oxygens (including phenoxy) is 5. The monoisotopic (exact) mass is 488 g/mol. The predicted molar refractivity (Wildman–Crippen MR) is 123 cm³/mol. The van der Waals surface area contributed by atoms with E-state index in [1.165, 1.54) is 33.1 Å². The summed E-state index contributed by atoms with van der Waals surface area (Å²) < 4.78 is 28.1. The minimum absolute atomic E-state index is 0.172. The van der Waals surface area contributed by atoms with Gasteiger partial charge in [0.15, 0.2) is 12.2 Å². The third-order valence-electron chi connectivity index (χ3n) is 6.34. The molecule has 2 heterocycles. The highest BCUT2D eigenvalue weighted by Crippen LogP contribution is 2.51. The Morgan fingerprint density at radius 1 is 1.06 bits per heavy atom. The molecular formula is C26H32O9. The highest BCUT2D eigenvalue weighted by Gasteiger charge is 2.53. The van der Waals surface area contributed by atoms with Gasteiger partial charge in [0, 0.05) is 44.3 Å². The summed E-state index contributed by atoms with van der Waals surface area (Å²) in [5, 5.41) is 0. The van der Waals surface area contributed by atoms with Gasteiger partial charge in [0.1, 0.15) is 6.10 Å². The molecule has 0 spiro atoms. The lowest BCUT2D eigenvalue weighted by Gasteiger charge is -2.49. The number of carbonyl (C=O) groups is 4. The van der Waals surface area contributed by atoms with Crippen LogP contribution in [0.5, 0.6) is 0 Å². The van der Waals surface area contributed by atoms with Gasteiger partial charge in [0.2, 0.25) is 0 Å². The molecule has 35 heavy (non-hydrogen) atoms. The van der Waals surface area contributed by atoms with Crippen LogP contribution < -0.4 is 0 Å². The van der Waals surface area contributed by atoms with Gasteiger partial charge in [-0.15, -0.1) is 0 Å². The zero-order valence-electron chi connectivity index (χ0n) is 20.9. The Kier molecular flexibility index (Phi) is 7.87. The summed E-state index contributed by atoms with van der Waals surface area (Å²) in [7, 11) is 0. The molecule has 3 aliphatic rings. The van der Waals surface area contributed by atoms with Crippen molar-refractivity contribution in [1.29, 1.82) is 0 Å². The Balaban J connectivity index is 2.11. The molecular weight excluding hydrogens is 456 g/mol. The zero-order valence-corrected chi connectivity index (χ0v) is 20.9. The second-order valence-electron chi connectivity index (χ2n) is 9.38. The van der Waals surface area contributed by atoms with Gasteiger partial charge >= 0.3 is 23.9 Å². The molecule has 9 nitrogen and oxygen atoms in total. The van der Waals surface area contributed by atoms with Crippen LogP contribution in [-0.4, -0.2) is 48.5 Å². The quantitative estimate of drug-likeness (QED) is 0.315. The first kappa shape index (κ1) is 26.2. The summed E-state index contributed by atoms with van der Waals surface area (Å²) in [5.41, 5.74) is 2.79. The van der Waals surface area contributed by atoms with Gasteiger partial charge in [-0.25, -0.2) is 4.79 Å². The van der Waals surface area contributed by atoms with E-state index in [1.54, 1.807) is 6.08 Å². The second kappa shape index (κ2) is 10.5. The molecule has 1 fully saturated rings. The molecule has 0 unspecified atom stereocenters. The third-order valence-corrected chi connectivity index (χ3v) is 6.34. The van der Waals surface area contributed by atoms with Gasteiger partial charge in [0.25, 0.3) is 6.29 Å². The van der Waals surface area contributed by atoms with Crippen LogP contribution in [0.4, 0.5) is 0 Å². The Morgan fingerprint density at radius 3 is 2.29 bits per heavy atom. The fourth-order valence-corrected chi connectivity index (χ4v) is 5.06. The van der Waals surface area contributed by atoms with Gasteiger partial charge < -0.3 is 23.7 Å². The molecule has 0 aromatic carbocycles. The van der Waals surface area contributed by atoms with E-state index < -0.39 is 54.4 Å². The number of hydrogen-bond acceptors (Lipinski definition) is 9. The Hall–Kier alpha value is -3.36. The van der Waals surface area contributed by atoms with Crippen LogP contribution in [0.15, 0.2) is 47.3 Å². The maximum absolute atomic E-state index is 12.1. The van der Waals surface area contributed by atoms with Gasteiger partial charge in [-0.3, -0.25) is 14.4 Å². The molecule has 7 atom stereocenters. The summed E-state index contributed by atoms with van der Waals surface area (Å²) in [4.78, 5) is 47.9. The van der Waals surface area contributed by atoms with Crippen molar-refractivity contribution in [2.75, 3.05) is 0 Å². The van der Waals surface area contributed by atoms with E-state index in [0.29, 0.717) is 17.6 Å². The van der Waals surface area contributed by atoms with Crippen LogP contribution in [0.3, 0.4) is 0 Å². The van der Waals surface area contributed by atoms with Crippen LogP contribution in [0.2, 0.25) is 0 Å². The molecule has 2 aliphatic heterocycles. The van der Waals surface area contributed by atoms with Gasteiger partial charge in [-0.05, 0) is 38.8 Å². The van der Waals surface area contributed by atoms with E-state index in [0.717, 1.165) is 11.1 Å². The second-order valence-corrected chi connectivity index (χ2v) is 9.38. The smallest absolute Gasteiger partial charge is 0.331 e. The number of carbonyl (C=O) groups excluding carboxylic acids is 4. The number of hydrogen-bond donors (Lipinski definition) is 0. The van der Waals surface area contributed by atoms with E-state index in [-0.39, 0.29) is 11.8 Å². The summed E-state index contributed by atoms with van der Waals surface area (Å²) in [6.07, 6.45) is 1.55. The fourth-order valence-electron chi connectivity index (χ4n) is 5.06. The van der Waals surface area contributed by atoms with Crippen LogP contribution in [-0.2, 0) is 42.9 Å². The van der Waals surface area contributed by atoms with Gasteiger partial charge in [-0.1, -0.05) is 17.7 Å². The summed E-state index contributed by atoms with van der Waals surface area (Å²) in [5.74, 6) is -3.23. The van der Waals surface area contributed by atoms with Crippen molar-refractivity contribution < 1.29 is 42.9 Å². The Bertz CT molecular complexity index is 1010. The maximum Gasteiger partial charge on any atom is 0.331 e. The largest absolute Gasteiger partial charge is 0.462 e. The number of fused-ring (bicyclic) bond motifs is 2. The Morgan fingerprint density at radius 2 is 1.71 bits per heavy atom. The average Bonchev–Trinajstić information content (AvgIpc) is 2.71. The number of rotatable bonds is 6. The summed E-state index contributed by atoms with van der Waals surface area (Å²) >= 11 is 0. The fraction of sp³-hybridized carbons (Fsp3) is 0.538. The molecule has 0 saturated heterocycles. The molecule has 0 aromatic rings. The van der Waals surface area contributed by atoms with E-state index in [1.807, 2.05) is 20.8 Å². The van der Waals surface area contributed by atoms with E-state index in [4.69, 9.17) is 23.7 Å². The topological polar surface area (TPSA) is 114 Å². The standard InChI is InChI=1S/C26H32O9/c1-12(2)8-21(32-15(5)27)25(33-16(6)28)20-11-31-26(34-17(7)29)23-14(4)24-18(10-19(20)23)13(3)9-22(30)35-24/h8-9,11,18-19,21,23-26H,4,10H2,1-3,5-7H3/t18-,19+,21+,23-,24-,25+,26+/m1/s1. The Labute approximate surface area is 204 Å². The van der Waals surface area contributed by atoms with Gasteiger partial charge in [-0.2, -0.15) is 0 Å². The molecule has 190 valence electrons.